The fraction of sp³-hybridized carbons (Fsp3) is 0.158. The van der Waals surface area contributed by atoms with Crippen LogP contribution in [-0.2, 0) is 9.84 Å². The van der Waals surface area contributed by atoms with Gasteiger partial charge in [0, 0.05) is 18.7 Å². The van der Waals surface area contributed by atoms with Crippen LogP contribution >= 0.6 is 0 Å². The number of nitrogens with zero attached hydrogens (tertiary/aromatic N) is 2. The van der Waals surface area contributed by atoms with Gasteiger partial charge in [-0.05, 0) is 54.6 Å². The van der Waals surface area contributed by atoms with E-state index in [-0.39, 0.29) is 35.4 Å². The third-order valence-corrected chi connectivity index (χ3v) is 6.77. The number of hydrogen-bond acceptors (Lipinski definition) is 4. The highest BCUT2D eigenvalue weighted by Crippen LogP contribution is 2.26. The Morgan fingerprint density at radius 3 is 2.18 bits per heavy atom. The maximum absolute atomic E-state index is 13.0. The van der Waals surface area contributed by atoms with Gasteiger partial charge in [-0.25, -0.2) is 17.2 Å². The number of H-pyrrole nitrogens is 1. The highest BCUT2D eigenvalue weighted by atomic mass is 32.2. The summed E-state index contributed by atoms with van der Waals surface area (Å²) in [7, 11) is -3.63. The molecule has 6 nitrogen and oxygen atoms in total. The Balaban J connectivity index is 1.44. The van der Waals surface area contributed by atoms with Crippen LogP contribution in [0.4, 0.5) is 8.78 Å². The number of benzene rings is 2. The van der Waals surface area contributed by atoms with Crippen molar-refractivity contribution in [3.8, 4) is 11.3 Å². The third kappa shape index (κ3) is 3.29. The molecule has 0 saturated carbocycles. The second-order valence-electron chi connectivity index (χ2n) is 6.50. The summed E-state index contributed by atoms with van der Waals surface area (Å²) in [4.78, 5) is 14.0. The molecule has 28 heavy (non-hydrogen) atoms. The van der Waals surface area contributed by atoms with Crippen LogP contribution in [0.5, 0.6) is 0 Å². The van der Waals surface area contributed by atoms with Crippen LogP contribution in [0.25, 0.3) is 11.3 Å². The van der Waals surface area contributed by atoms with Crippen LogP contribution in [0.3, 0.4) is 0 Å². The zero-order chi connectivity index (χ0) is 19.9. The van der Waals surface area contributed by atoms with Gasteiger partial charge in [-0.3, -0.25) is 9.89 Å². The van der Waals surface area contributed by atoms with E-state index in [0.717, 1.165) is 12.1 Å². The van der Waals surface area contributed by atoms with Gasteiger partial charge in [-0.1, -0.05) is 0 Å². The zero-order valence-electron chi connectivity index (χ0n) is 14.5. The Kier molecular flexibility index (Phi) is 4.46. The van der Waals surface area contributed by atoms with E-state index in [2.05, 4.69) is 10.2 Å². The van der Waals surface area contributed by atoms with E-state index in [1.807, 2.05) is 0 Å². The largest absolute Gasteiger partial charge is 0.335 e. The molecule has 0 spiro atoms. The van der Waals surface area contributed by atoms with E-state index in [1.165, 1.54) is 35.2 Å². The van der Waals surface area contributed by atoms with Crippen LogP contribution in [0.1, 0.15) is 10.5 Å². The number of likely N-dealkylation sites (tertiary alicyclic amines) is 1. The molecule has 4 rings (SSSR count). The highest BCUT2D eigenvalue weighted by molar-refractivity contribution is 7.92. The molecule has 1 N–H and O–H groups in total. The lowest BCUT2D eigenvalue weighted by Crippen LogP contribution is -2.56. The van der Waals surface area contributed by atoms with Crippen LogP contribution < -0.4 is 0 Å². The molecule has 1 aromatic heterocycles. The molecule has 0 aliphatic carbocycles. The number of sulfone groups is 1. The Morgan fingerprint density at radius 1 is 1.00 bits per heavy atom. The minimum atomic E-state index is -3.63. The number of amides is 1. The Hall–Kier alpha value is -3.07. The second kappa shape index (κ2) is 6.83. The quantitative estimate of drug-likeness (QED) is 0.679. The summed E-state index contributed by atoms with van der Waals surface area (Å²) in [6.07, 6.45) is 0. The van der Waals surface area contributed by atoms with Gasteiger partial charge < -0.3 is 4.90 Å². The summed E-state index contributed by atoms with van der Waals surface area (Å²) >= 11 is 0. The molecule has 1 aliphatic heterocycles. The van der Waals surface area contributed by atoms with Gasteiger partial charge in [0.2, 0.25) is 0 Å². The molecule has 0 unspecified atom stereocenters. The minimum absolute atomic E-state index is 0.0335. The predicted octanol–water partition coefficient (Wildman–Crippen LogP) is 2.65. The fourth-order valence-electron chi connectivity index (χ4n) is 2.99. The third-order valence-electron chi connectivity index (χ3n) is 4.66. The monoisotopic (exact) mass is 403 g/mol. The number of nitrogens with one attached hydrogen (secondary N) is 1. The smallest absolute Gasteiger partial charge is 0.271 e. The first-order chi connectivity index (χ1) is 13.3. The first-order valence-electron chi connectivity index (χ1n) is 8.45. The van der Waals surface area contributed by atoms with Crippen molar-refractivity contribution in [3.63, 3.8) is 0 Å². The predicted molar refractivity (Wildman–Crippen MR) is 97.3 cm³/mol. The van der Waals surface area contributed by atoms with Gasteiger partial charge in [0.1, 0.15) is 22.6 Å². The van der Waals surface area contributed by atoms with Crippen molar-refractivity contribution in [2.75, 3.05) is 13.1 Å². The Bertz CT molecular complexity index is 1120. The SMILES string of the molecule is O=C(c1cc(-c2ccc(F)cc2)n[nH]1)N1CC(S(=O)(=O)c2ccc(F)cc2)C1. The van der Waals surface area contributed by atoms with Crippen molar-refractivity contribution in [1.82, 2.24) is 15.1 Å². The molecule has 1 amide bonds. The van der Waals surface area contributed by atoms with Gasteiger partial charge >= 0.3 is 0 Å². The maximum atomic E-state index is 13.0. The van der Waals surface area contributed by atoms with Crippen LogP contribution in [0.2, 0.25) is 0 Å². The van der Waals surface area contributed by atoms with Crippen LogP contribution in [-0.4, -0.2) is 47.8 Å². The molecule has 0 radical (unpaired) electrons. The van der Waals surface area contributed by atoms with Gasteiger partial charge in [0.15, 0.2) is 9.84 Å². The lowest BCUT2D eigenvalue weighted by Gasteiger charge is -2.38. The first kappa shape index (κ1) is 18.3. The molecule has 3 aromatic rings. The molecule has 1 saturated heterocycles. The molecular formula is C19H15F2N3O3S. The molecule has 0 atom stereocenters. The normalized spacial score (nSPS) is 14.7. The van der Waals surface area contributed by atoms with Gasteiger partial charge in [-0.2, -0.15) is 5.10 Å². The number of aromatic amines is 1. The van der Waals surface area contributed by atoms with Crippen LogP contribution in [0, 0.1) is 11.6 Å². The number of halogens is 2. The molecule has 1 aliphatic rings. The lowest BCUT2D eigenvalue weighted by molar-refractivity contribution is 0.0652. The van der Waals surface area contributed by atoms with E-state index < -0.39 is 20.9 Å². The Labute approximate surface area is 159 Å². The number of aromatic nitrogens is 2. The molecular weight excluding hydrogens is 388 g/mol. The highest BCUT2D eigenvalue weighted by Gasteiger charge is 2.41. The minimum Gasteiger partial charge on any atom is -0.335 e. The summed E-state index contributed by atoms with van der Waals surface area (Å²) < 4.78 is 51.1. The van der Waals surface area contributed by atoms with Crippen LogP contribution in [0.15, 0.2) is 59.5 Å². The number of carbonyl (C=O) groups is 1. The average Bonchev–Trinajstić information content (AvgIpc) is 3.11. The first-order valence-corrected chi connectivity index (χ1v) is 9.99. The summed E-state index contributed by atoms with van der Waals surface area (Å²) in [6, 6.07) is 11.9. The standard InChI is InChI=1S/C19H15F2N3O3S/c20-13-3-1-12(2-4-13)17-9-18(23-22-17)19(25)24-10-16(11-24)28(26,27)15-7-5-14(21)6-8-15/h1-9,16H,10-11H2,(H,22,23). The van der Waals surface area contributed by atoms with Crippen molar-refractivity contribution in [3.05, 3.63) is 71.9 Å². The fourth-order valence-corrected chi connectivity index (χ4v) is 4.64. The van der Waals surface area contributed by atoms with Crippen molar-refractivity contribution in [2.45, 2.75) is 10.1 Å². The second-order valence-corrected chi connectivity index (χ2v) is 8.73. The molecule has 2 heterocycles. The number of hydrogen-bond donors (Lipinski definition) is 1. The molecule has 0 bridgehead atoms. The van der Waals surface area contributed by atoms with E-state index >= 15 is 0 Å². The summed E-state index contributed by atoms with van der Waals surface area (Å²) in [6.45, 7) is 0.0902. The van der Waals surface area contributed by atoms with Crippen molar-refractivity contribution >= 4 is 15.7 Å². The van der Waals surface area contributed by atoms with E-state index in [0.29, 0.717) is 11.3 Å². The van der Waals surface area contributed by atoms with Crippen molar-refractivity contribution in [1.29, 1.82) is 0 Å². The summed E-state index contributed by atoms with van der Waals surface area (Å²) in [5, 5.41) is 5.95. The van der Waals surface area contributed by atoms with E-state index in [1.54, 1.807) is 12.1 Å². The van der Waals surface area contributed by atoms with Gasteiger partial charge in [0.25, 0.3) is 5.91 Å². The summed E-state index contributed by atoms with van der Waals surface area (Å²) in [5.41, 5.74) is 1.35. The number of carbonyl (C=O) groups excluding carboxylic acids is 1. The molecule has 2 aromatic carbocycles. The number of rotatable bonds is 4. The van der Waals surface area contributed by atoms with Gasteiger partial charge in [-0.15, -0.1) is 0 Å². The summed E-state index contributed by atoms with van der Waals surface area (Å²) in [5.74, 6) is -1.25. The van der Waals surface area contributed by atoms with E-state index in [9.17, 15) is 22.0 Å². The molecule has 1 fully saturated rings. The topological polar surface area (TPSA) is 83.1 Å². The molecule has 9 heteroatoms. The molecule has 144 valence electrons. The zero-order valence-corrected chi connectivity index (χ0v) is 15.3. The average molecular weight is 403 g/mol. The van der Waals surface area contributed by atoms with Gasteiger partial charge in [0.05, 0.1) is 10.6 Å². The van der Waals surface area contributed by atoms with E-state index in [4.69, 9.17) is 0 Å². The van der Waals surface area contributed by atoms with Crippen molar-refractivity contribution in [2.24, 2.45) is 0 Å². The van der Waals surface area contributed by atoms with Crippen molar-refractivity contribution < 1.29 is 22.0 Å². The Morgan fingerprint density at radius 2 is 1.57 bits per heavy atom. The lowest BCUT2D eigenvalue weighted by atomic mass is 10.1. The maximum Gasteiger partial charge on any atom is 0.271 e.